The molecule has 1 aromatic heterocycles. The van der Waals surface area contributed by atoms with Crippen LogP contribution >= 0.6 is 24.2 Å². The second-order valence-electron chi connectivity index (χ2n) is 5.24. The molecule has 0 spiro atoms. The number of anilines is 1. The van der Waals surface area contributed by atoms with Crippen molar-refractivity contribution in [3.63, 3.8) is 0 Å². The predicted molar refractivity (Wildman–Crippen MR) is 89.3 cm³/mol. The third-order valence-electron chi connectivity index (χ3n) is 3.61. The summed E-state index contributed by atoms with van der Waals surface area (Å²) in [5, 5.41) is 10.9. The molecule has 0 saturated carbocycles. The van der Waals surface area contributed by atoms with Crippen molar-refractivity contribution >= 4 is 36.0 Å². The van der Waals surface area contributed by atoms with Gasteiger partial charge in [-0.2, -0.15) is 21.8 Å². The number of aromatic nitrogens is 3. The minimum absolute atomic E-state index is 0. The van der Waals surface area contributed by atoms with Gasteiger partial charge in [0.15, 0.2) is 5.82 Å². The number of amides is 1. The number of nitrogens with zero attached hydrogens (tertiary/aromatic N) is 3. The van der Waals surface area contributed by atoms with Crippen LogP contribution in [0, 0.1) is 0 Å². The van der Waals surface area contributed by atoms with Crippen LogP contribution in [-0.2, 0) is 11.8 Å². The Bertz CT molecular complexity index is 461. The summed E-state index contributed by atoms with van der Waals surface area (Å²) in [5.74, 6) is 1.80. The van der Waals surface area contributed by atoms with Crippen molar-refractivity contribution < 1.29 is 4.79 Å². The molecule has 21 heavy (non-hydrogen) atoms. The third-order valence-corrected chi connectivity index (χ3v) is 4.58. The van der Waals surface area contributed by atoms with Crippen LogP contribution in [0.4, 0.5) is 5.95 Å². The number of aryl methyl sites for hydroxylation is 1. The first-order valence-corrected chi connectivity index (χ1v) is 8.33. The van der Waals surface area contributed by atoms with Crippen LogP contribution in [0.25, 0.3) is 0 Å². The highest BCUT2D eigenvalue weighted by Gasteiger charge is 2.21. The lowest BCUT2D eigenvalue weighted by molar-refractivity contribution is -0.116. The summed E-state index contributed by atoms with van der Waals surface area (Å²) in [4.78, 5) is 16.4. The molecule has 0 aromatic carbocycles. The van der Waals surface area contributed by atoms with E-state index in [1.165, 1.54) is 0 Å². The van der Waals surface area contributed by atoms with Gasteiger partial charge in [-0.1, -0.05) is 6.92 Å². The molecular formula is C13H24ClN5OS. The van der Waals surface area contributed by atoms with Crippen LogP contribution in [0.3, 0.4) is 0 Å². The van der Waals surface area contributed by atoms with E-state index in [-0.39, 0.29) is 18.3 Å². The number of hydrogen-bond donors (Lipinski definition) is 2. The zero-order valence-corrected chi connectivity index (χ0v) is 14.4. The quantitative estimate of drug-likeness (QED) is 0.859. The minimum atomic E-state index is -0.000731. The van der Waals surface area contributed by atoms with Gasteiger partial charge >= 0.3 is 0 Å². The molecule has 1 aliphatic heterocycles. The van der Waals surface area contributed by atoms with Gasteiger partial charge in [-0.15, -0.1) is 12.4 Å². The Kier molecular flexibility index (Phi) is 7.48. The molecule has 0 aliphatic carbocycles. The molecule has 1 aromatic rings. The fourth-order valence-electron chi connectivity index (χ4n) is 2.29. The fourth-order valence-corrected chi connectivity index (χ4v) is 2.60. The number of halogens is 1. The van der Waals surface area contributed by atoms with Crippen LogP contribution in [0.5, 0.6) is 0 Å². The molecule has 120 valence electrons. The molecule has 1 saturated heterocycles. The molecule has 2 rings (SSSR count). The second kappa shape index (κ2) is 8.60. The van der Waals surface area contributed by atoms with Gasteiger partial charge in [-0.3, -0.25) is 10.1 Å². The first-order valence-electron chi connectivity index (χ1n) is 7.04. The lowest BCUT2D eigenvalue weighted by Gasteiger charge is -2.19. The van der Waals surface area contributed by atoms with E-state index >= 15 is 0 Å². The van der Waals surface area contributed by atoms with Crippen molar-refractivity contribution in [3.05, 3.63) is 5.82 Å². The molecule has 8 heteroatoms. The van der Waals surface area contributed by atoms with E-state index in [1.54, 1.807) is 16.4 Å². The van der Waals surface area contributed by atoms with Crippen molar-refractivity contribution in [2.24, 2.45) is 7.05 Å². The summed E-state index contributed by atoms with van der Waals surface area (Å²) < 4.78 is 1.67. The Morgan fingerprint density at radius 3 is 2.81 bits per heavy atom. The maximum absolute atomic E-state index is 11.9. The summed E-state index contributed by atoms with van der Waals surface area (Å²) >= 11 is 1.69. The highest BCUT2D eigenvalue weighted by Crippen LogP contribution is 2.23. The number of piperidine rings is 1. The van der Waals surface area contributed by atoms with E-state index in [9.17, 15) is 4.79 Å². The summed E-state index contributed by atoms with van der Waals surface area (Å²) in [7, 11) is 1.82. The smallest absolute Gasteiger partial charge is 0.227 e. The largest absolute Gasteiger partial charge is 0.317 e. The number of rotatable bonds is 5. The molecule has 1 unspecified atom stereocenters. The minimum Gasteiger partial charge on any atom is -0.317 e. The Balaban J connectivity index is 0.00000220. The van der Waals surface area contributed by atoms with Gasteiger partial charge in [-0.05, 0) is 32.2 Å². The average Bonchev–Trinajstić information content (AvgIpc) is 2.81. The molecule has 1 aliphatic rings. The van der Waals surface area contributed by atoms with Crippen LogP contribution < -0.4 is 10.6 Å². The number of carbonyl (C=O) groups excluding carboxylic acids is 1. The van der Waals surface area contributed by atoms with Gasteiger partial charge in [0.25, 0.3) is 0 Å². The maximum Gasteiger partial charge on any atom is 0.227 e. The highest BCUT2D eigenvalue weighted by molar-refractivity contribution is 7.99. The Hall–Kier alpha value is -0.790. The Labute approximate surface area is 136 Å². The molecule has 2 N–H and O–H groups in total. The van der Waals surface area contributed by atoms with E-state index in [4.69, 9.17) is 0 Å². The summed E-state index contributed by atoms with van der Waals surface area (Å²) in [5.41, 5.74) is 0. The maximum atomic E-state index is 11.9. The van der Waals surface area contributed by atoms with Crippen molar-refractivity contribution in [1.82, 2.24) is 20.1 Å². The van der Waals surface area contributed by atoms with E-state index < -0.39 is 0 Å². The van der Waals surface area contributed by atoms with Crippen LogP contribution in [0.2, 0.25) is 0 Å². The fraction of sp³-hybridized carbons (Fsp3) is 0.769. The third kappa shape index (κ3) is 5.16. The number of thioether (sulfide) groups is 1. The van der Waals surface area contributed by atoms with Gasteiger partial charge in [0.1, 0.15) is 0 Å². The Morgan fingerprint density at radius 2 is 2.19 bits per heavy atom. The second-order valence-corrected chi connectivity index (χ2v) is 6.52. The van der Waals surface area contributed by atoms with E-state index in [0.29, 0.717) is 23.5 Å². The standard InChI is InChI=1S/C13H23N5OS.ClH/c1-9(20-3)8-11(19)15-13-16-12(17-18(13)2)10-4-6-14-7-5-10;/h9-10,14H,4-8H2,1-3H3,(H,15,16,17,19);1H. The van der Waals surface area contributed by atoms with Gasteiger partial charge in [0.05, 0.1) is 0 Å². The lowest BCUT2D eigenvalue weighted by Crippen LogP contribution is -2.27. The molecule has 1 fully saturated rings. The van der Waals surface area contributed by atoms with Crippen molar-refractivity contribution in [3.8, 4) is 0 Å². The van der Waals surface area contributed by atoms with E-state index in [0.717, 1.165) is 31.8 Å². The number of carbonyl (C=O) groups is 1. The normalized spacial score (nSPS) is 17.1. The van der Waals surface area contributed by atoms with Crippen LogP contribution in [0.1, 0.15) is 37.9 Å². The van der Waals surface area contributed by atoms with Gasteiger partial charge in [0.2, 0.25) is 11.9 Å². The molecule has 6 nitrogen and oxygen atoms in total. The molecule has 2 heterocycles. The molecule has 1 atom stereocenters. The summed E-state index contributed by atoms with van der Waals surface area (Å²) in [6.07, 6.45) is 4.62. The van der Waals surface area contributed by atoms with E-state index in [1.807, 2.05) is 20.2 Å². The van der Waals surface area contributed by atoms with Crippen molar-refractivity contribution in [1.29, 1.82) is 0 Å². The number of nitrogens with one attached hydrogen (secondary N) is 2. The van der Waals surface area contributed by atoms with Crippen LogP contribution in [-0.4, -0.2) is 45.3 Å². The van der Waals surface area contributed by atoms with Gasteiger partial charge in [-0.25, -0.2) is 4.68 Å². The monoisotopic (exact) mass is 333 g/mol. The highest BCUT2D eigenvalue weighted by atomic mass is 35.5. The van der Waals surface area contributed by atoms with Gasteiger partial charge in [0, 0.05) is 24.6 Å². The molecule has 1 amide bonds. The first-order chi connectivity index (χ1) is 9.60. The Morgan fingerprint density at radius 1 is 1.52 bits per heavy atom. The lowest BCUT2D eigenvalue weighted by atomic mass is 9.98. The summed E-state index contributed by atoms with van der Waals surface area (Å²) in [6.45, 7) is 4.06. The van der Waals surface area contributed by atoms with E-state index in [2.05, 4.69) is 20.7 Å². The molecule has 0 bridgehead atoms. The molecule has 0 radical (unpaired) electrons. The van der Waals surface area contributed by atoms with Crippen LogP contribution in [0.15, 0.2) is 0 Å². The van der Waals surface area contributed by atoms with Crippen molar-refractivity contribution in [2.45, 2.75) is 37.4 Å². The SMILES string of the molecule is CSC(C)CC(=O)Nc1nc(C2CCNCC2)nn1C.Cl. The molecular weight excluding hydrogens is 310 g/mol. The predicted octanol–water partition coefficient (Wildman–Crippen LogP) is 1.78. The zero-order valence-electron chi connectivity index (χ0n) is 12.8. The average molecular weight is 334 g/mol. The first kappa shape index (κ1) is 18.3. The summed E-state index contributed by atoms with van der Waals surface area (Å²) in [6, 6.07) is 0. The zero-order chi connectivity index (χ0) is 14.5. The topological polar surface area (TPSA) is 71.8 Å². The van der Waals surface area contributed by atoms with Gasteiger partial charge < -0.3 is 5.32 Å². The number of hydrogen-bond acceptors (Lipinski definition) is 5. The van der Waals surface area contributed by atoms with Crippen molar-refractivity contribution in [2.75, 3.05) is 24.7 Å².